The number of furan rings is 1. The van der Waals surface area contributed by atoms with Gasteiger partial charge in [0.2, 0.25) is 0 Å². The van der Waals surface area contributed by atoms with E-state index in [4.69, 9.17) is 9.15 Å². The summed E-state index contributed by atoms with van der Waals surface area (Å²) in [6.07, 6.45) is 6.81. The molecule has 1 aliphatic heterocycles. The number of hydrogen-bond donors (Lipinski definition) is 0. The fraction of sp³-hybridized carbons (Fsp3) is 0.333. The summed E-state index contributed by atoms with van der Waals surface area (Å²) >= 11 is 0. The molecule has 0 N–H and O–H groups in total. The second-order valence-corrected chi connectivity index (χ2v) is 8.66. The van der Waals surface area contributed by atoms with Crippen LogP contribution in [0.25, 0.3) is 11.3 Å². The number of methoxy groups -OCH3 is 1. The minimum Gasteiger partial charge on any atom is -0.465 e. The van der Waals surface area contributed by atoms with E-state index >= 15 is 0 Å². The Bertz CT molecular complexity index is 1140. The van der Waals surface area contributed by atoms with Crippen molar-refractivity contribution in [2.45, 2.75) is 6.42 Å². The van der Waals surface area contributed by atoms with Gasteiger partial charge in [-0.2, -0.15) is 10.1 Å². The molecule has 2 heterocycles. The topological polar surface area (TPSA) is 89.2 Å². The quantitative estimate of drug-likeness (QED) is 0.331. The van der Waals surface area contributed by atoms with E-state index in [1.54, 1.807) is 30.3 Å². The first-order valence-electron chi connectivity index (χ1n) is 10.5. The lowest BCUT2D eigenvalue weighted by atomic mass is 9.63. The number of benzene rings is 1. The number of hydrazone groups is 1. The third-order valence-corrected chi connectivity index (χ3v) is 7.13. The van der Waals surface area contributed by atoms with Gasteiger partial charge >= 0.3 is 5.97 Å². The first-order chi connectivity index (χ1) is 15.1. The zero-order chi connectivity index (χ0) is 21.3. The largest absolute Gasteiger partial charge is 0.465 e. The number of imide groups is 1. The van der Waals surface area contributed by atoms with Gasteiger partial charge < -0.3 is 9.15 Å². The standard InChI is InChI=1S/C24H20N2O5/c1-30-24(29)13-4-2-3-12(9-13)19-8-5-14(31-19)11-25-26-22(27)20-15-6-7-16(18-10-17(15)18)21(20)23(26)28/h2-9,11,15-18,20-21H,10H2,1H3/b25-11-/t15-,16-,17-,18+,20-,21+/m0/s1. The molecule has 7 heteroatoms. The van der Waals surface area contributed by atoms with E-state index in [1.807, 2.05) is 6.07 Å². The van der Waals surface area contributed by atoms with Gasteiger partial charge in [-0.05, 0) is 54.4 Å². The summed E-state index contributed by atoms with van der Waals surface area (Å²) in [5, 5.41) is 5.23. The molecule has 2 aromatic rings. The lowest BCUT2D eigenvalue weighted by molar-refractivity contribution is -0.140. The first-order valence-corrected chi connectivity index (χ1v) is 10.5. The predicted octanol–water partition coefficient (Wildman–Crippen LogP) is 3.12. The van der Waals surface area contributed by atoms with Gasteiger partial charge in [-0.15, -0.1) is 0 Å². The van der Waals surface area contributed by atoms with Crippen LogP contribution >= 0.6 is 0 Å². The van der Waals surface area contributed by atoms with E-state index in [0.29, 0.717) is 34.5 Å². The summed E-state index contributed by atoms with van der Waals surface area (Å²) in [5.74, 6) is 1.07. The van der Waals surface area contributed by atoms with Gasteiger partial charge in [-0.3, -0.25) is 9.59 Å². The van der Waals surface area contributed by atoms with Crippen molar-refractivity contribution in [1.29, 1.82) is 0 Å². The lowest BCUT2D eigenvalue weighted by Crippen LogP contribution is -2.40. The molecule has 156 valence electrons. The van der Waals surface area contributed by atoms with Crippen LogP contribution in [0.4, 0.5) is 0 Å². The second-order valence-electron chi connectivity index (χ2n) is 8.66. The van der Waals surface area contributed by atoms with Crippen LogP contribution < -0.4 is 0 Å². The van der Waals surface area contributed by atoms with Crippen LogP contribution in [0, 0.1) is 35.5 Å². The van der Waals surface area contributed by atoms with Crippen LogP contribution in [-0.2, 0) is 14.3 Å². The number of ether oxygens (including phenoxy) is 1. The molecule has 5 aliphatic rings. The molecule has 4 aliphatic carbocycles. The molecule has 6 atom stereocenters. The molecule has 2 bridgehead atoms. The van der Waals surface area contributed by atoms with E-state index in [0.717, 1.165) is 11.4 Å². The van der Waals surface area contributed by atoms with Crippen molar-refractivity contribution in [2.24, 2.45) is 40.6 Å². The van der Waals surface area contributed by atoms with Crippen molar-refractivity contribution < 1.29 is 23.5 Å². The number of amides is 2. The molecule has 0 radical (unpaired) electrons. The highest BCUT2D eigenvalue weighted by Crippen LogP contribution is 2.65. The normalized spacial score (nSPS) is 32.5. The van der Waals surface area contributed by atoms with Crippen molar-refractivity contribution in [3.05, 3.63) is 59.9 Å². The van der Waals surface area contributed by atoms with Gasteiger partial charge in [-0.25, -0.2) is 4.79 Å². The van der Waals surface area contributed by atoms with Crippen LogP contribution in [0.2, 0.25) is 0 Å². The third-order valence-electron chi connectivity index (χ3n) is 7.13. The fourth-order valence-electron chi connectivity index (χ4n) is 5.66. The molecule has 1 saturated heterocycles. The van der Waals surface area contributed by atoms with Crippen molar-refractivity contribution in [3.8, 4) is 11.3 Å². The lowest BCUT2D eigenvalue weighted by Gasteiger charge is -2.37. The Balaban J connectivity index is 1.22. The van der Waals surface area contributed by atoms with Gasteiger partial charge in [-0.1, -0.05) is 24.3 Å². The molecule has 1 aromatic heterocycles. The molecule has 2 saturated carbocycles. The molecule has 3 fully saturated rings. The number of nitrogens with zero attached hydrogens (tertiary/aromatic N) is 2. The monoisotopic (exact) mass is 416 g/mol. The number of hydrogen-bond acceptors (Lipinski definition) is 6. The van der Waals surface area contributed by atoms with E-state index in [1.165, 1.54) is 13.3 Å². The molecule has 0 unspecified atom stereocenters. The molecular formula is C24H20N2O5. The number of carbonyl (C=O) groups excluding carboxylic acids is 3. The zero-order valence-corrected chi connectivity index (χ0v) is 16.8. The van der Waals surface area contributed by atoms with Crippen molar-refractivity contribution in [2.75, 3.05) is 7.11 Å². The van der Waals surface area contributed by atoms with Gasteiger partial charge in [0.1, 0.15) is 11.5 Å². The molecule has 7 rings (SSSR count). The zero-order valence-electron chi connectivity index (χ0n) is 16.8. The summed E-state index contributed by atoms with van der Waals surface area (Å²) < 4.78 is 10.6. The number of allylic oxidation sites excluding steroid dienone is 2. The first kappa shape index (κ1) is 18.3. The molecular weight excluding hydrogens is 396 g/mol. The van der Waals surface area contributed by atoms with Gasteiger partial charge in [0, 0.05) is 5.56 Å². The molecule has 0 spiro atoms. The Labute approximate surface area is 178 Å². The highest BCUT2D eigenvalue weighted by Gasteiger charge is 2.67. The maximum Gasteiger partial charge on any atom is 0.337 e. The summed E-state index contributed by atoms with van der Waals surface area (Å²) in [6, 6.07) is 10.4. The van der Waals surface area contributed by atoms with Crippen molar-refractivity contribution in [1.82, 2.24) is 5.01 Å². The van der Waals surface area contributed by atoms with Gasteiger partial charge in [0.15, 0.2) is 0 Å². The summed E-state index contributed by atoms with van der Waals surface area (Å²) in [4.78, 5) is 37.7. The molecule has 31 heavy (non-hydrogen) atoms. The summed E-state index contributed by atoms with van der Waals surface area (Å²) in [6.45, 7) is 0. The number of esters is 1. The van der Waals surface area contributed by atoms with Crippen LogP contribution in [0.15, 0.2) is 58.1 Å². The second kappa shape index (κ2) is 6.51. The van der Waals surface area contributed by atoms with Crippen molar-refractivity contribution in [3.63, 3.8) is 0 Å². The summed E-state index contributed by atoms with van der Waals surface area (Å²) in [7, 11) is 1.33. The van der Waals surface area contributed by atoms with Crippen molar-refractivity contribution >= 4 is 24.0 Å². The Hall–Kier alpha value is -3.48. The van der Waals surface area contributed by atoms with Crippen LogP contribution in [0.5, 0.6) is 0 Å². The van der Waals surface area contributed by atoms with E-state index in [2.05, 4.69) is 17.3 Å². The van der Waals surface area contributed by atoms with Crippen LogP contribution in [-0.4, -0.2) is 36.1 Å². The maximum atomic E-state index is 13.0. The Morgan fingerprint density at radius 2 is 1.81 bits per heavy atom. The van der Waals surface area contributed by atoms with Crippen LogP contribution in [0.3, 0.4) is 0 Å². The number of rotatable bonds is 4. The molecule has 2 amide bonds. The average Bonchev–Trinajstić information content (AvgIpc) is 3.44. The van der Waals surface area contributed by atoms with E-state index < -0.39 is 5.97 Å². The molecule has 7 nitrogen and oxygen atoms in total. The Morgan fingerprint density at radius 3 is 2.48 bits per heavy atom. The van der Waals surface area contributed by atoms with E-state index in [9.17, 15) is 14.4 Å². The fourth-order valence-corrected chi connectivity index (χ4v) is 5.66. The Kier molecular flexibility index (Phi) is 3.84. The molecule has 1 aromatic carbocycles. The minimum atomic E-state index is -0.427. The van der Waals surface area contributed by atoms with Gasteiger partial charge in [0.25, 0.3) is 11.8 Å². The van der Waals surface area contributed by atoms with Crippen LogP contribution in [0.1, 0.15) is 22.5 Å². The Morgan fingerprint density at radius 1 is 1.10 bits per heavy atom. The van der Waals surface area contributed by atoms with Gasteiger partial charge in [0.05, 0.1) is 30.7 Å². The smallest absolute Gasteiger partial charge is 0.337 e. The minimum absolute atomic E-state index is 0.175. The predicted molar refractivity (Wildman–Crippen MR) is 110 cm³/mol. The highest BCUT2D eigenvalue weighted by atomic mass is 16.5. The third kappa shape index (κ3) is 2.65. The highest BCUT2D eigenvalue weighted by molar-refractivity contribution is 6.06. The SMILES string of the molecule is COC(=O)c1cccc(-c2ccc(/C=N\N3C(=O)[C@@H]4[C@H]5C=C[C@@H]([C@@H]6C[C@H]56)[C@@H]4C3=O)o2)c1. The maximum absolute atomic E-state index is 13.0. The average molecular weight is 416 g/mol. The van der Waals surface area contributed by atoms with E-state index in [-0.39, 0.29) is 35.5 Å². The number of carbonyl (C=O) groups is 3. The summed E-state index contributed by atoms with van der Waals surface area (Å²) in [5.41, 5.74) is 1.13.